The quantitative estimate of drug-likeness (QED) is 0.309. The molecule has 3 aromatic carbocycles. The van der Waals surface area contributed by atoms with E-state index in [-0.39, 0.29) is 12.3 Å². The standard InChI is InChI=1S/C24H16ClN3OS2/c25-18-9-3-1-7-16(18)23-26-15(14-30-23)13-22(29)27-19-10-4-2-8-17(19)24-28-20-11-5-6-12-21(20)31-24/h1-12,14H,13H2,(H,27,29). The average Bonchev–Trinajstić information content (AvgIpc) is 3.41. The molecule has 0 saturated carbocycles. The van der Waals surface area contributed by atoms with Crippen LogP contribution in [-0.2, 0) is 11.2 Å². The van der Waals surface area contributed by atoms with Crippen molar-refractivity contribution >= 4 is 56.1 Å². The topological polar surface area (TPSA) is 54.9 Å². The van der Waals surface area contributed by atoms with Gasteiger partial charge in [0.05, 0.1) is 33.0 Å². The molecule has 152 valence electrons. The number of para-hydroxylation sites is 2. The van der Waals surface area contributed by atoms with Crippen molar-refractivity contribution in [3.8, 4) is 21.1 Å². The number of thiazole rings is 2. The molecule has 0 fully saturated rings. The zero-order valence-electron chi connectivity index (χ0n) is 16.2. The van der Waals surface area contributed by atoms with Gasteiger partial charge in [0.25, 0.3) is 0 Å². The van der Waals surface area contributed by atoms with Gasteiger partial charge in [-0.25, -0.2) is 9.97 Å². The Labute approximate surface area is 192 Å². The number of fused-ring (bicyclic) bond motifs is 1. The van der Waals surface area contributed by atoms with Crippen LogP contribution >= 0.6 is 34.3 Å². The van der Waals surface area contributed by atoms with Crippen LogP contribution in [0.1, 0.15) is 5.69 Å². The van der Waals surface area contributed by atoms with Gasteiger partial charge in [-0.15, -0.1) is 22.7 Å². The summed E-state index contributed by atoms with van der Waals surface area (Å²) >= 11 is 9.36. The number of anilines is 1. The van der Waals surface area contributed by atoms with E-state index in [9.17, 15) is 4.79 Å². The molecule has 7 heteroatoms. The lowest BCUT2D eigenvalue weighted by atomic mass is 10.1. The van der Waals surface area contributed by atoms with Gasteiger partial charge >= 0.3 is 0 Å². The lowest BCUT2D eigenvalue weighted by molar-refractivity contribution is -0.115. The number of halogens is 1. The van der Waals surface area contributed by atoms with Gasteiger partial charge in [0.2, 0.25) is 5.91 Å². The molecule has 0 aliphatic carbocycles. The molecule has 1 N–H and O–H groups in total. The second kappa shape index (κ2) is 8.59. The summed E-state index contributed by atoms with van der Waals surface area (Å²) in [5.74, 6) is -0.121. The van der Waals surface area contributed by atoms with Crippen molar-refractivity contribution in [2.75, 3.05) is 5.32 Å². The molecule has 0 unspecified atom stereocenters. The molecule has 0 saturated heterocycles. The molecule has 0 radical (unpaired) electrons. The Kier molecular flexibility index (Phi) is 5.51. The summed E-state index contributed by atoms with van der Waals surface area (Å²) in [7, 11) is 0. The summed E-state index contributed by atoms with van der Waals surface area (Å²) in [6.45, 7) is 0. The monoisotopic (exact) mass is 461 g/mol. The highest BCUT2D eigenvalue weighted by molar-refractivity contribution is 7.21. The van der Waals surface area contributed by atoms with Crippen LogP contribution in [0, 0.1) is 0 Å². The van der Waals surface area contributed by atoms with E-state index < -0.39 is 0 Å². The Morgan fingerprint density at radius 1 is 0.871 bits per heavy atom. The summed E-state index contributed by atoms with van der Waals surface area (Å²) < 4.78 is 1.12. The van der Waals surface area contributed by atoms with E-state index in [4.69, 9.17) is 16.6 Å². The molecular weight excluding hydrogens is 446 g/mol. The van der Waals surface area contributed by atoms with E-state index in [1.54, 1.807) is 11.3 Å². The molecule has 1 amide bonds. The Morgan fingerprint density at radius 3 is 2.45 bits per heavy atom. The summed E-state index contributed by atoms with van der Waals surface area (Å²) in [6.07, 6.45) is 0.190. The van der Waals surface area contributed by atoms with Gasteiger partial charge < -0.3 is 5.32 Å². The number of amides is 1. The summed E-state index contributed by atoms with van der Waals surface area (Å²) in [5.41, 5.74) is 4.20. The Morgan fingerprint density at radius 2 is 1.61 bits per heavy atom. The van der Waals surface area contributed by atoms with E-state index in [0.717, 1.165) is 42.7 Å². The van der Waals surface area contributed by atoms with Gasteiger partial charge in [0.15, 0.2) is 0 Å². The smallest absolute Gasteiger partial charge is 0.230 e. The van der Waals surface area contributed by atoms with Crippen molar-refractivity contribution in [1.82, 2.24) is 9.97 Å². The van der Waals surface area contributed by atoms with E-state index in [0.29, 0.717) is 5.02 Å². The minimum atomic E-state index is -0.121. The van der Waals surface area contributed by atoms with Crippen molar-refractivity contribution in [1.29, 1.82) is 0 Å². The zero-order chi connectivity index (χ0) is 21.2. The molecule has 0 aliphatic rings. The summed E-state index contributed by atoms with van der Waals surface area (Å²) in [4.78, 5) is 22.1. The molecular formula is C24H16ClN3OS2. The Bertz CT molecular complexity index is 1360. The number of aromatic nitrogens is 2. The second-order valence-corrected chi connectivity index (χ2v) is 9.18. The maximum Gasteiger partial charge on any atom is 0.230 e. The number of nitrogens with one attached hydrogen (secondary N) is 1. The summed E-state index contributed by atoms with van der Waals surface area (Å²) in [6, 6.07) is 23.3. The molecule has 31 heavy (non-hydrogen) atoms. The van der Waals surface area contributed by atoms with Crippen LogP contribution < -0.4 is 5.32 Å². The average molecular weight is 462 g/mol. The molecule has 2 heterocycles. The van der Waals surface area contributed by atoms with Crippen LogP contribution in [-0.4, -0.2) is 15.9 Å². The Hall–Kier alpha value is -3.06. The summed E-state index contributed by atoms with van der Waals surface area (Å²) in [5, 5.41) is 7.27. The number of hydrogen-bond donors (Lipinski definition) is 1. The Balaban J connectivity index is 1.35. The van der Waals surface area contributed by atoms with Gasteiger partial charge in [-0.2, -0.15) is 0 Å². The number of hydrogen-bond acceptors (Lipinski definition) is 5. The number of rotatable bonds is 5. The van der Waals surface area contributed by atoms with Crippen molar-refractivity contribution in [2.45, 2.75) is 6.42 Å². The lowest BCUT2D eigenvalue weighted by Gasteiger charge is -2.08. The largest absolute Gasteiger partial charge is 0.325 e. The van der Waals surface area contributed by atoms with Crippen molar-refractivity contribution in [2.24, 2.45) is 0 Å². The molecule has 0 spiro atoms. The van der Waals surface area contributed by atoms with Crippen LogP contribution in [0.25, 0.3) is 31.4 Å². The number of benzene rings is 3. The normalized spacial score (nSPS) is 11.0. The number of carbonyl (C=O) groups is 1. The van der Waals surface area contributed by atoms with E-state index in [1.807, 2.05) is 72.1 Å². The molecule has 5 aromatic rings. The molecule has 5 rings (SSSR count). The van der Waals surface area contributed by atoms with Gasteiger partial charge in [-0.1, -0.05) is 54.1 Å². The second-order valence-electron chi connectivity index (χ2n) is 6.88. The predicted octanol–water partition coefficient (Wildman–Crippen LogP) is 6.92. The van der Waals surface area contributed by atoms with Crippen molar-refractivity contribution in [3.05, 3.63) is 88.9 Å². The van der Waals surface area contributed by atoms with Crippen LogP contribution in [0.2, 0.25) is 5.02 Å². The number of carbonyl (C=O) groups excluding carboxylic acids is 1. The number of nitrogens with zero attached hydrogens (tertiary/aromatic N) is 2. The predicted molar refractivity (Wildman–Crippen MR) is 130 cm³/mol. The van der Waals surface area contributed by atoms with E-state index >= 15 is 0 Å². The van der Waals surface area contributed by atoms with Gasteiger partial charge in [-0.05, 0) is 30.3 Å². The van der Waals surface area contributed by atoms with Crippen LogP contribution in [0.4, 0.5) is 5.69 Å². The first-order chi connectivity index (χ1) is 15.2. The van der Waals surface area contributed by atoms with Gasteiger partial charge in [0, 0.05) is 16.5 Å². The SMILES string of the molecule is O=C(Cc1csc(-c2ccccc2Cl)n1)Nc1ccccc1-c1nc2ccccc2s1. The van der Waals surface area contributed by atoms with Crippen molar-refractivity contribution in [3.63, 3.8) is 0 Å². The van der Waals surface area contributed by atoms with E-state index in [2.05, 4.69) is 16.4 Å². The zero-order valence-corrected chi connectivity index (χ0v) is 18.6. The third kappa shape index (κ3) is 4.23. The first-order valence-corrected chi connectivity index (χ1v) is 11.7. The third-order valence-corrected chi connectivity index (χ3v) is 7.05. The molecule has 0 aliphatic heterocycles. The van der Waals surface area contributed by atoms with Gasteiger partial charge in [0.1, 0.15) is 10.0 Å². The van der Waals surface area contributed by atoms with E-state index in [1.165, 1.54) is 11.3 Å². The lowest BCUT2D eigenvalue weighted by Crippen LogP contribution is -2.15. The van der Waals surface area contributed by atoms with Crippen LogP contribution in [0.5, 0.6) is 0 Å². The van der Waals surface area contributed by atoms with Crippen LogP contribution in [0.3, 0.4) is 0 Å². The highest BCUT2D eigenvalue weighted by atomic mass is 35.5. The first-order valence-electron chi connectivity index (χ1n) is 9.61. The fourth-order valence-electron chi connectivity index (χ4n) is 3.27. The van der Waals surface area contributed by atoms with Gasteiger partial charge in [-0.3, -0.25) is 4.79 Å². The minimum absolute atomic E-state index is 0.121. The molecule has 0 atom stereocenters. The van der Waals surface area contributed by atoms with Crippen molar-refractivity contribution < 1.29 is 4.79 Å². The highest BCUT2D eigenvalue weighted by Gasteiger charge is 2.14. The minimum Gasteiger partial charge on any atom is -0.325 e. The molecule has 0 bridgehead atoms. The highest BCUT2D eigenvalue weighted by Crippen LogP contribution is 2.34. The van der Waals surface area contributed by atoms with Crippen LogP contribution in [0.15, 0.2) is 78.2 Å². The maximum absolute atomic E-state index is 12.8. The maximum atomic E-state index is 12.8. The first kappa shape index (κ1) is 19.9. The molecule has 2 aromatic heterocycles. The third-order valence-electron chi connectivity index (χ3n) is 4.72. The fraction of sp³-hybridized carbons (Fsp3) is 0.0417. The molecule has 4 nitrogen and oxygen atoms in total. The fourth-order valence-corrected chi connectivity index (χ4v) is 5.42.